The fraction of sp³-hybridized carbons (Fsp3) is 0.462. The topological polar surface area (TPSA) is 213 Å². The summed E-state index contributed by atoms with van der Waals surface area (Å²) in [7, 11) is 1.36. The summed E-state index contributed by atoms with van der Waals surface area (Å²) in [5, 5.41) is 43.0. The molecule has 5 atom stereocenters. The van der Waals surface area contributed by atoms with E-state index in [0.717, 1.165) is 12.1 Å². The highest BCUT2D eigenvalue weighted by molar-refractivity contribution is 5.87. The van der Waals surface area contributed by atoms with Gasteiger partial charge in [0.15, 0.2) is 11.5 Å². The number of hydrogen-bond donors (Lipinski definition) is 4. The number of unbranched alkanes of at least 4 members (excludes halogenated alkanes) is 2. The molecule has 0 aliphatic heterocycles. The van der Waals surface area contributed by atoms with E-state index in [2.05, 4.69) is 10.2 Å². The van der Waals surface area contributed by atoms with E-state index in [1.54, 1.807) is 12.1 Å². The zero-order chi connectivity index (χ0) is 41.8. The number of alkyl halides is 3. The van der Waals surface area contributed by atoms with Crippen molar-refractivity contribution in [1.29, 1.82) is 0 Å². The first kappa shape index (κ1) is 45.9. The molecule has 0 spiro atoms. The number of rotatable bonds is 23. The van der Waals surface area contributed by atoms with E-state index in [0.29, 0.717) is 37.7 Å². The van der Waals surface area contributed by atoms with Gasteiger partial charge in [0.05, 0.1) is 38.1 Å². The van der Waals surface area contributed by atoms with Crippen molar-refractivity contribution < 1.29 is 71.7 Å². The molecule has 0 saturated heterocycles. The van der Waals surface area contributed by atoms with Crippen LogP contribution in [0, 0.1) is 22.0 Å². The second-order valence-electron chi connectivity index (χ2n) is 12.9. The van der Waals surface area contributed by atoms with Crippen LogP contribution in [0.5, 0.6) is 17.2 Å². The fourth-order valence-electron chi connectivity index (χ4n) is 5.73. The van der Waals surface area contributed by atoms with Gasteiger partial charge in [0.1, 0.15) is 25.0 Å². The molecule has 15 nitrogen and oxygen atoms in total. The number of amides is 1. The largest absolute Gasteiger partial charge is 0.493 e. The maximum absolute atomic E-state index is 12.9. The highest BCUT2D eigenvalue weighted by Crippen LogP contribution is 2.36. The van der Waals surface area contributed by atoms with Crippen molar-refractivity contribution in [2.24, 2.45) is 11.8 Å². The molecule has 312 valence electrons. The van der Waals surface area contributed by atoms with Crippen molar-refractivity contribution in [2.45, 2.75) is 69.4 Å². The summed E-state index contributed by atoms with van der Waals surface area (Å²) in [5.41, 5.74) is -0.335. The summed E-state index contributed by atoms with van der Waals surface area (Å²) in [5.74, 6) is -2.35. The van der Waals surface area contributed by atoms with Crippen LogP contribution in [0.3, 0.4) is 0 Å². The average molecular weight is 809 g/mol. The van der Waals surface area contributed by atoms with Gasteiger partial charge in [-0.15, -0.1) is 10.1 Å². The van der Waals surface area contributed by atoms with Gasteiger partial charge in [-0.2, -0.15) is 13.2 Å². The van der Waals surface area contributed by atoms with Gasteiger partial charge < -0.3 is 44.4 Å². The van der Waals surface area contributed by atoms with Crippen molar-refractivity contribution >= 4 is 23.9 Å². The number of carbonyl (C=O) groups is 3. The third-order valence-electron chi connectivity index (χ3n) is 8.64. The van der Waals surface area contributed by atoms with Gasteiger partial charge >= 0.3 is 18.1 Å². The lowest BCUT2D eigenvalue weighted by Crippen LogP contribution is -2.31. The number of esters is 2. The normalized spacial score (nSPS) is 18.8. The molecule has 1 aliphatic rings. The van der Waals surface area contributed by atoms with Crippen molar-refractivity contribution in [1.82, 2.24) is 5.32 Å². The molecule has 2 aromatic carbocycles. The maximum Gasteiger partial charge on any atom is 0.416 e. The SMILES string of the molecule is COc1cc(/C=C/C(=O)OCCCCO[N+](=O)[O-])ccc1OC(=O)CNC(=O)CCC/C=C\C[C@@H]1[C@@H](/C=C/[C@@H](O)COc2cccc(C(F)(F)F)c2)[C@H](O)C[C@@H]1O. The van der Waals surface area contributed by atoms with Crippen LogP contribution in [0.25, 0.3) is 6.08 Å². The Bertz CT molecular complexity index is 1720. The Labute approximate surface area is 326 Å². The minimum atomic E-state index is -4.53. The number of nitrogens with one attached hydrogen (secondary N) is 1. The van der Waals surface area contributed by atoms with E-state index < -0.39 is 59.5 Å². The van der Waals surface area contributed by atoms with E-state index >= 15 is 0 Å². The number of carbonyl (C=O) groups excluding carboxylic acids is 3. The summed E-state index contributed by atoms with van der Waals surface area (Å²) in [6.45, 7) is -0.744. The fourth-order valence-corrected chi connectivity index (χ4v) is 5.73. The van der Waals surface area contributed by atoms with Crippen LogP contribution in [0.15, 0.2) is 72.8 Å². The Morgan fingerprint density at radius 1 is 1.04 bits per heavy atom. The summed E-state index contributed by atoms with van der Waals surface area (Å²) < 4.78 is 59.7. The van der Waals surface area contributed by atoms with Crippen molar-refractivity contribution in [3.8, 4) is 17.2 Å². The number of allylic oxidation sites excluding steroid dienone is 2. The number of aliphatic hydroxyl groups excluding tert-OH is 3. The number of ether oxygens (including phenoxy) is 4. The van der Waals surface area contributed by atoms with Crippen LogP contribution in [-0.2, 0) is 30.1 Å². The van der Waals surface area contributed by atoms with Gasteiger partial charge in [0.25, 0.3) is 5.09 Å². The van der Waals surface area contributed by atoms with Crippen LogP contribution in [0.2, 0.25) is 0 Å². The van der Waals surface area contributed by atoms with Gasteiger partial charge in [-0.05, 0) is 80.0 Å². The number of methoxy groups -OCH3 is 1. The monoisotopic (exact) mass is 808 g/mol. The molecule has 2 aromatic rings. The Morgan fingerprint density at radius 3 is 2.54 bits per heavy atom. The van der Waals surface area contributed by atoms with Crippen LogP contribution in [0.1, 0.15) is 56.1 Å². The number of benzene rings is 2. The highest BCUT2D eigenvalue weighted by atomic mass is 19.4. The first-order valence-electron chi connectivity index (χ1n) is 18.1. The molecule has 1 amide bonds. The molecule has 1 saturated carbocycles. The van der Waals surface area contributed by atoms with Gasteiger partial charge in [-0.1, -0.05) is 36.4 Å². The molecule has 1 fully saturated rings. The van der Waals surface area contributed by atoms with Crippen LogP contribution in [0.4, 0.5) is 13.2 Å². The summed E-state index contributed by atoms with van der Waals surface area (Å²) in [6, 6.07) is 8.85. The Morgan fingerprint density at radius 2 is 1.81 bits per heavy atom. The number of aliphatic hydroxyl groups is 3. The summed E-state index contributed by atoms with van der Waals surface area (Å²) in [4.78, 5) is 50.9. The van der Waals surface area contributed by atoms with Gasteiger partial charge in [0.2, 0.25) is 5.91 Å². The minimum Gasteiger partial charge on any atom is -0.493 e. The van der Waals surface area contributed by atoms with Crippen molar-refractivity contribution in [3.63, 3.8) is 0 Å². The molecule has 18 heteroatoms. The molecule has 0 radical (unpaired) electrons. The summed E-state index contributed by atoms with van der Waals surface area (Å²) in [6.07, 6.45) is 4.29. The van der Waals surface area contributed by atoms with E-state index in [1.807, 2.05) is 12.2 Å². The molecule has 1 aliphatic carbocycles. The van der Waals surface area contributed by atoms with Gasteiger partial charge in [-0.25, -0.2) is 9.59 Å². The Balaban J connectivity index is 1.34. The number of nitrogens with zero attached hydrogens (tertiary/aromatic N) is 1. The van der Waals surface area contributed by atoms with Crippen LogP contribution < -0.4 is 19.5 Å². The molecular formula is C39H47F3N2O13. The average Bonchev–Trinajstić information content (AvgIpc) is 3.44. The zero-order valence-electron chi connectivity index (χ0n) is 31.2. The van der Waals surface area contributed by atoms with Crippen LogP contribution >= 0.6 is 0 Å². The molecule has 4 N–H and O–H groups in total. The first-order chi connectivity index (χ1) is 27.2. The number of hydrogen-bond acceptors (Lipinski definition) is 13. The lowest BCUT2D eigenvalue weighted by Gasteiger charge is -2.19. The van der Waals surface area contributed by atoms with Crippen molar-refractivity contribution in [3.05, 3.63) is 94.1 Å². The third kappa shape index (κ3) is 17.1. The molecule has 57 heavy (non-hydrogen) atoms. The molecule has 0 bridgehead atoms. The quantitative estimate of drug-likeness (QED) is 0.0227. The molecule has 0 aromatic heterocycles. The second kappa shape index (κ2) is 23.6. The lowest BCUT2D eigenvalue weighted by molar-refractivity contribution is -0.757. The summed E-state index contributed by atoms with van der Waals surface area (Å²) >= 11 is 0. The van der Waals surface area contributed by atoms with E-state index in [4.69, 9.17) is 18.9 Å². The predicted molar refractivity (Wildman–Crippen MR) is 197 cm³/mol. The van der Waals surface area contributed by atoms with E-state index in [1.165, 1.54) is 49.6 Å². The zero-order valence-corrected chi connectivity index (χ0v) is 31.2. The minimum absolute atomic E-state index is 0.0526. The third-order valence-corrected chi connectivity index (χ3v) is 8.64. The van der Waals surface area contributed by atoms with E-state index in [-0.39, 0.29) is 61.7 Å². The van der Waals surface area contributed by atoms with Gasteiger partial charge in [-0.3, -0.25) is 4.79 Å². The molecule has 3 rings (SSSR count). The molecule has 0 unspecified atom stereocenters. The van der Waals surface area contributed by atoms with Crippen molar-refractivity contribution in [2.75, 3.05) is 33.5 Å². The Hall–Kier alpha value is -5.46. The van der Waals surface area contributed by atoms with Crippen LogP contribution in [-0.4, -0.2) is 90.0 Å². The Kier molecular flexibility index (Phi) is 19.0. The standard InChI is InChI=1S/C39H47F3N2O13/c1-53-35-21-26(14-18-37(49)54-19-6-7-20-56-44(51)52)13-17-34(35)57-38(50)24-43-36(48)12-5-3-2-4-11-30-31(33(47)23-32(30)46)16-15-28(45)25-55-29-10-8-9-27(22-29)39(40,41)42/h2,4,8-10,13-18,21-22,28,30-33,45-47H,3,5-7,11-12,19-20,23-25H2,1H3,(H,43,48)/b4-2-,16-15+,18-14+/t28-,30-,31-,32+,33-/m1/s1. The second-order valence-corrected chi connectivity index (χ2v) is 12.9. The smallest absolute Gasteiger partial charge is 0.416 e. The molecule has 0 heterocycles. The highest BCUT2D eigenvalue weighted by Gasteiger charge is 2.39. The van der Waals surface area contributed by atoms with Gasteiger partial charge in [0, 0.05) is 24.8 Å². The maximum atomic E-state index is 12.9. The predicted octanol–water partition coefficient (Wildman–Crippen LogP) is 4.75. The van der Waals surface area contributed by atoms with E-state index in [9.17, 15) is 53.0 Å². The first-order valence-corrected chi connectivity index (χ1v) is 18.1. The number of halogens is 3. The molecular weight excluding hydrogens is 761 g/mol. The lowest BCUT2D eigenvalue weighted by atomic mass is 9.89.